The molecule has 0 radical (unpaired) electrons. The summed E-state index contributed by atoms with van der Waals surface area (Å²) in [7, 11) is 0. The summed E-state index contributed by atoms with van der Waals surface area (Å²) >= 11 is 0. The second kappa shape index (κ2) is 2.31. The van der Waals surface area contributed by atoms with E-state index < -0.39 is 5.67 Å². The molecule has 0 spiro atoms. The molecule has 0 saturated heterocycles. The van der Waals surface area contributed by atoms with E-state index in [-0.39, 0.29) is 0 Å². The van der Waals surface area contributed by atoms with Crippen molar-refractivity contribution in [2.75, 3.05) is 0 Å². The molecule has 2 heterocycles. The first kappa shape index (κ1) is 7.77. The summed E-state index contributed by atoms with van der Waals surface area (Å²) < 4.78 is 15.7. The van der Waals surface area contributed by atoms with E-state index in [0.29, 0.717) is 6.42 Å². The molecule has 66 valence electrons. The molecular formula is C9H13FN2. The molecule has 1 aliphatic heterocycles. The average molecular weight is 168 g/mol. The van der Waals surface area contributed by atoms with Gasteiger partial charge in [0.25, 0.3) is 0 Å². The van der Waals surface area contributed by atoms with E-state index in [2.05, 4.69) is 5.10 Å². The number of rotatable bonds is 0. The Labute approximate surface area is 71.4 Å². The minimum absolute atomic E-state index is 0.625. The first-order valence-electron chi connectivity index (χ1n) is 4.33. The summed E-state index contributed by atoms with van der Waals surface area (Å²) in [5.41, 5.74) is 0.576. The summed E-state index contributed by atoms with van der Waals surface area (Å²) in [5, 5.41) is 4.13. The summed E-state index contributed by atoms with van der Waals surface area (Å²) in [6, 6.07) is 0. The summed E-state index contributed by atoms with van der Waals surface area (Å²) in [4.78, 5) is 0. The minimum atomic E-state index is -1.17. The van der Waals surface area contributed by atoms with Crippen LogP contribution in [0, 0.1) is 6.92 Å². The monoisotopic (exact) mass is 168 g/mol. The standard InChI is InChI=1S/C9H13FN2/c1-7-6-11-12-5-3-4-9(2,10)8(7)12/h6H,3-5H2,1-2H3. The predicted molar refractivity (Wildman–Crippen MR) is 44.7 cm³/mol. The zero-order valence-electron chi connectivity index (χ0n) is 7.47. The molecule has 2 rings (SSSR count). The fourth-order valence-electron chi connectivity index (χ4n) is 2.01. The van der Waals surface area contributed by atoms with Crippen molar-refractivity contribution in [2.45, 2.75) is 38.9 Å². The van der Waals surface area contributed by atoms with Crippen molar-refractivity contribution in [1.29, 1.82) is 0 Å². The van der Waals surface area contributed by atoms with Gasteiger partial charge >= 0.3 is 0 Å². The van der Waals surface area contributed by atoms with E-state index >= 15 is 0 Å². The highest BCUT2D eigenvalue weighted by atomic mass is 19.1. The predicted octanol–water partition coefficient (Wildman–Crippen LogP) is 2.17. The highest BCUT2D eigenvalue weighted by molar-refractivity contribution is 5.23. The number of fused-ring (bicyclic) bond motifs is 1. The van der Waals surface area contributed by atoms with E-state index in [9.17, 15) is 4.39 Å². The van der Waals surface area contributed by atoms with Crippen LogP contribution in [0.4, 0.5) is 4.39 Å². The van der Waals surface area contributed by atoms with Crippen molar-refractivity contribution in [2.24, 2.45) is 0 Å². The molecule has 1 atom stereocenters. The lowest BCUT2D eigenvalue weighted by atomic mass is 9.93. The highest BCUT2D eigenvalue weighted by Crippen LogP contribution is 2.36. The van der Waals surface area contributed by atoms with Gasteiger partial charge in [-0.2, -0.15) is 5.10 Å². The molecule has 2 nitrogen and oxygen atoms in total. The van der Waals surface area contributed by atoms with Gasteiger partial charge in [-0.3, -0.25) is 4.68 Å². The lowest BCUT2D eigenvalue weighted by Crippen LogP contribution is -2.27. The van der Waals surface area contributed by atoms with Crippen molar-refractivity contribution in [3.8, 4) is 0 Å². The Morgan fingerprint density at radius 3 is 3.08 bits per heavy atom. The van der Waals surface area contributed by atoms with Gasteiger partial charge in [0, 0.05) is 6.54 Å². The van der Waals surface area contributed by atoms with Crippen LogP contribution in [0.5, 0.6) is 0 Å². The Morgan fingerprint density at radius 2 is 2.42 bits per heavy atom. The summed E-state index contributed by atoms with van der Waals surface area (Å²) in [6.07, 6.45) is 3.26. The Morgan fingerprint density at radius 1 is 1.67 bits per heavy atom. The molecule has 1 aromatic heterocycles. The van der Waals surface area contributed by atoms with Gasteiger partial charge in [0.05, 0.1) is 11.9 Å². The number of hydrogen-bond donors (Lipinski definition) is 0. The SMILES string of the molecule is Cc1cnn2c1C(C)(F)CCC2. The molecule has 1 aromatic rings. The van der Waals surface area contributed by atoms with Crippen molar-refractivity contribution in [1.82, 2.24) is 9.78 Å². The van der Waals surface area contributed by atoms with E-state index in [1.54, 1.807) is 17.8 Å². The molecular weight excluding hydrogens is 155 g/mol. The van der Waals surface area contributed by atoms with Gasteiger partial charge in [0.2, 0.25) is 0 Å². The fraction of sp³-hybridized carbons (Fsp3) is 0.667. The topological polar surface area (TPSA) is 17.8 Å². The average Bonchev–Trinajstić information content (AvgIpc) is 2.32. The van der Waals surface area contributed by atoms with Gasteiger partial charge in [-0.05, 0) is 32.3 Å². The molecule has 0 amide bonds. The molecule has 1 unspecified atom stereocenters. The molecule has 0 N–H and O–H groups in total. The van der Waals surface area contributed by atoms with Crippen molar-refractivity contribution < 1.29 is 4.39 Å². The van der Waals surface area contributed by atoms with Gasteiger partial charge in [0.1, 0.15) is 5.67 Å². The van der Waals surface area contributed by atoms with E-state index in [0.717, 1.165) is 24.2 Å². The maximum absolute atomic E-state index is 13.9. The molecule has 0 saturated carbocycles. The Kier molecular flexibility index (Phi) is 1.50. The van der Waals surface area contributed by atoms with Gasteiger partial charge in [-0.15, -0.1) is 0 Å². The second-order valence-corrected chi connectivity index (χ2v) is 3.70. The van der Waals surface area contributed by atoms with Crippen LogP contribution in [-0.4, -0.2) is 9.78 Å². The van der Waals surface area contributed by atoms with E-state index in [4.69, 9.17) is 0 Å². The number of nitrogens with zero attached hydrogens (tertiary/aromatic N) is 2. The number of aryl methyl sites for hydroxylation is 2. The third-order valence-electron chi connectivity index (χ3n) is 2.53. The zero-order valence-corrected chi connectivity index (χ0v) is 7.47. The van der Waals surface area contributed by atoms with Crippen LogP contribution >= 0.6 is 0 Å². The number of halogens is 1. The molecule has 0 aromatic carbocycles. The molecule has 0 bridgehead atoms. The smallest absolute Gasteiger partial charge is 0.149 e. The summed E-state index contributed by atoms with van der Waals surface area (Å²) in [6.45, 7) is 4.43. The Bertz CT molecular complexity index is 301. The van der Waals surface area contributed by atoms with Crippen LogP contribution in [0.25, 0.3) is 0 Å². The van der Waals surface area contributed by atoms with Crippen molar-refractivity contribution in [3.63, 3.8) is 0 Å². The first-order chi connectivity index (χ1) is 5.61. The number of hydrogen-bond acceptors (Lipinski definition) is 1. The normalized spacial score (nSPS) is 28.6. The van der Waals surface area contributed by atoms with E-state index in [1.807, 2.05) is 6.92 Å². The number of aromatic nitrogens is 2. The van der Waals surface area contributed by atoms with Gasteiger partial charge < -0.3 is 0 Å². The molecule has 0 aliphatic carbocycles. The highest BCUT2D eigenvalue weighted by Gasteiger charge is 2.34. The third kappa shape index (κ3) is 0.958. The molecule has 12 heavy (non-hydrogen) atoms. The molecule has 3 heteroatoms. The lowest BCUT2D eigenvalue weighted by Gasteiger charge is -2.27. The Balaban J connectivity index is 2.56. The van der Waals surface area contributed by atoms with Crippen LogP contribution in [-0.2, 0) is 12.2 Å². The van der Waals surface area contributed by atoms with Crippen LogP contribution < -0.4 is 0 Å². The number of alkyl halides is 1. The Hall–Kier alpha value is -0.860. The van der Waals surface area contributed by atoms with Crippen molar-refractivity contribution in [3.05, 3.63) is 17.5 Å². The maximum Gasteiger partial charge on any atom is 0.149 e. The molecule has 0 fully saturated rings. The van der Waals surface area contributed by atoms with Gasteiger partial charge in [-0.1, -0.05) is 0 Å². The zero-order chi connectivity index (χ0) is 8.77. The van der Waals surface area contributed by atoms with Gasteiger partial charge in [0.15, 0.2) is 0 Å². The summed E-state index contributed by atoms with van der Waals surface area (Å²) in [5.74, 6) is 0. The largest absolute Gasteiger partial charge is 0.266 e. The van der Waals surface area contributed by atoms with Crippen molar-refractivity contribution >= 4 is 0 Å². The van der Waals surface area contributed by atoms with Crippen LogP contribution in [0.1, 0.15) is 31.0 Å². The third-order valence-corrected chi connectivity index (χ3v) is 2.53. The van der Waals surface area contributed by atoms with Crippen LogP contribution in [0.15, 0.2) is 6.20 Å². The minimum Gasteiger partial charge on any atom is -0.266 e. The lowest BCUT2D eigenvalue weighted by molar-refractivity contribution is 0.133. The van der Waals surface area contributed by atoms with E-state index in [1.165, 1.54) is 0 Å². The maximum atomic E-state index is 13.9. The van der Waals surface area contributed by atoms with Gasteiger partial charge in [-0.25, -0.2) is 4.39 Å². The fourth-order valence-corrected chi connectivity index (χ4v) is 2.01. The van der Waals surface area contributed by atoms with Crippen LogP contribution in [0.3, 0.4) is 0 Å². The first-order valence-corrected chi connectivity index (χ1v) is 4.33. The van der Waals surface area contributed by atoms with Crippen LogP contribution in [0.2, 0.25) is 0 Å². The quantitative estimate of drug-likeness (QED) is 0.580. The second-order valence-electron chi connectivity index (χ2n) is 3.70. The molecule has 1 aliphatic rings.